The number of aromatic amines is 1. The van der Waals surface area contributed by atoms with Crippen molar-refractivity contribution in [2.75, 3.05) is 12.9 Å². The fourth-order valence-corrected chi connectivity index (χ4v) is 4.12. The first-order chi connectivity index (χ1) is 12.7. The molecule has 0 aliphatic carbocycles. The lowest BCUT2D eigenvalue weighted by Gasteiger charge is -2.24. The van der Waals surface area contributed by atoms with Crippen LogP contribution in [0.5, 0.6) is 5.75 Å². The maximum atomic E-state index is 12.6. The summed E-state index contributed by atoms with van der Waals surface area (Å²) < 4.78 is 5.10. The minimum atomic E-state index is -0.326. The fourth-order valence-electron chi connectivity index (χ4n) is 2.99. The third-order valence-corrected chi connectivity index (χ3v) is 5.52. The smallest absolute Gasteiger partial charge is 0.269 e. The van der Waals surface area contributed by atoms with Gasteiger partial charge in [0.2, 0.25) is 0 Å². The van der Waals surface area contributed by atoms with Crippen LogP contribution in [0.3, 0.4) is 0 Å². The van der Waals surface area contributed by atoms with Gasteiger partial charge < -0.3 is 9.72 Å². The Kier molecular flexibility index (Phi) is 4.30. The molecule has 1 aliphatic rings. The predicted octanol–water partition coefficient (Wildman–Crippen LogP) is 3.10. The Morgan fingerprint density at radius 1 is 1.23 bits per heavy atom. The second-order valence-electron chi connectivity index (χ2n) is 5.89. The maximum absolute atomic E-state index is 12.6. The summed E-state index contributed by atoms with van der Waals surface area (Å²) in [4.78, 5) is 28.1. The molecule has 0 bridgehead atoms. The molecule has 0 radical (unpaired) electrons. The van der Waals surface area contributed by atoms with E-state index in [1.165, 1.54) is 16.8 Å². The number of carbonyl (C=O) groups excluding carboxylic acids is 2. The number of hydrogen-bond acceptors (Lipinski definition) is 4. The van der Waals surface area contributed by atoms with Crippen molar-refractivity contribution < 1.29 is 14.3 Å². The van der Waals surface area contributed by atoms with Crippen molar-refractivity contribution in [2.24, 2.45) is 0 Å². The highest BCUT2D eigenvalue weighted by molar-refractivity contribution is 8.00. The molecule has 4 rings (SSSR count). The van der Waals surface area contributed by atoms with Gasteiger partial charge in [0.05, 0.1) is 12.9 Å². The number of hydrazine groups is 1. The standard InChI is InChI=1S/C19H17N3O3S/c1-25-13-8-6-12(7-9-13)18(24)21-22-17(23)11-26-19(22)15-10-20-16-5-3-2-4-14(15)16/h2-10,19-20H,11H2,1H3,(H,21,24)/t19-/m1/s1. The molecule has 132 valence electrons. The van der Waals surface area contributed by atoms with Crippen molar-refractivity contribution in [3.63, 3.8) is 0 Å². The van der Waals surface area contributed by atoms with Gasteiger partial charge in [0.25, 0.3) is 11.8 Å². The number of H-pyrrole nitrogens is 1. The highest BCUT2D eigenvalue weighted by atomic mass is 32.2. The number of nitrogens with one attached hydrogen (secondary N) is 2. The molecule has 2 N–H and O–H groups in total. The van der Waals surface area contributed by atoms with Gasteiger partial charge in [-0.3, -0.25) is 15.0 Å². The molecule has 1 atom stereocenters. The average molecular weight is 367 g/mol. The van der Waals surface area contributed by atoms with Gasteiger partial charge >= 0.3 is 0 Å². The van der Waals surface area contributed by atoms with Crippen LogP contribution in [0, 0.1) is 0 Å². The molecule has 0 saturated carbocycles. The summed E-state index contributed by atoms with van der Waals surface area (Å²) in [5.74, 6) is 0.555. The Labute approximate surface area is 154 Å². The molecular weight excluding hydrogens is 350 g/mol. The van der Waals surface area contributed by atoms with Crippen molar-refractivity contribution in [1.29, 1.82) is 0 Å². The molecule has 6 nitrogen and oxygen atoms in total. The summed E-state index contributed by atoms with van der Waals surface area (Å²) in [7, 11) is 1.57. The van der Waals surface area contributed by atoms with Crippen LogP contribution in [0.4, 0.5) is 0 Å². The van der Waals surface area contributed by atoms with Crippen LogP contribution in [0.2, 0.25) is 0 Å². The Balaban J connectivity index is 1.59. The van der Waals surface area contributed by atoms with Crippen LogP contribution in [0.25, 0.3) is 10.9 Å². The van der Waals surface area contributed by atoms with Gasteiger partial charge in [-0.2, -0.15) is 0 Å². The van der Waals surface area contributed by atoms with Crippen LogP contribution >= 0.6 is 11.8 Å². The predicted molar refractivity (Wildman–Crippen MR) is 101 cm³/mol. The summed E-state index contributed by atoms with van der Waals surface area (Å²) in [6.45, 7) is 0. The molecule has 0 unspecified atom stereocenters. The normalized spacial score (nSPS) is 16.9. The molecule has 2 heterocycles. The molecule has 2 aromatic carbocycles. The molecule has 1 aromatic heterocycles. The van der Waals surface area contributed by atoms with E-state index in [-0.39, 0.29) is 17.2 Å². The highest BCUT2D eigenvalue weighted by Crippen LogP contribution is 2.40. The zero-order valence-electron chi connectivity index (χ0n) is 14.1. The molecule has 7 heteroatoms. The first-order valence-corrected chi connectivity index (χ1v) is 9.17. The topological polar surface area (TPSA) is 74.4 Å². The minimum Gasteiger partial charge on any atom is -0.497 e. The minimum absolute atomic E-state index is 0.118. The monoisotopic (exact) mass is 367 g/mol. The number of ether oxygens (including phenoxy) is 1. The van der Waals surface area contributed by atoms with E-state index < -0.39 is 0 Å². The van der Waals surface area contributed by atoms with Gasteiger partial charge in [-0.25, -0.2) is 5.01 Å². The van der Waals surface area contributed by atoms with Crippen molar-refractivity contribution in [1.82, 2.24) is 15.4 Å². The Hall–Kier alpha value is -2.93. The van der Waals surface area contributed by atoms with E-state index >= 15 is 0 Å². The van der Waals surface area contributed by atoms with Gasteiger partial charge in [0.15, 0.2) is 0 Å². The SMILES string of the molecule is COc1ccc(C(=O)NN2C(=O)CS[C@@H]2c2c[nH]c3ccccc23)cc1. The number of carbonyl (C=O) groups is 2. The summed E-state index contributed by atoms with van der Waals surface area (Å²) in [6, 6.07) is 14.7. The number of rotatable bonds is 4. The molecule has 26 heavy (non-hydrogen) atoms. The fraction of sp³-hybridized carbons (Fsp3) is 0.158. The van der Waals surface area contributed by atoms with Crippen molar-refractivity contribution >= 4 is 34.5 Å². The van der Waals surface area contributed by atoms with Crippen LogP contribution in [-0.4, -0.2) is 34.7 Å². The van der Waals surface area contributed by atoms with E-state index in [1.807, 2.05) is 30.5 Å². The molecule has 1 saturated heterocycles. The highest BCUT2D eigenvalue weighted by Gasteiger charge is 2.35. The number of nitrogens with zero attached hydrogens (tertiary/aromatic N) is 1. The summed E-state index contributed by atoms with van der Waals surface area (Å²) >= 11 is 1.50. The molecular formula is C19H17N3O3S. The average Bonchev–Trinajstić information content (AvgIpc) is 3.25. The van der Waals surface area contributed by atoms with E-state index in [0.29, 0.717) is 17.1 Å². The molecule has 1 fully saturated rings. The van der Waals surface area contributed by atoms with Crippen molar-refractivity contribution in [3.05, 3.63) is 65.9 Å². The summed E-state index contributed by atoms with van der Waals surface area (Å²) in [5.41, 5.74) is 5.20. The van der Waals surface area contributed by atoms with Gasteiger partial charge in [-0.1, -0.05) is 18.2 Å². The number of methoxy groups -OCH3 is 1. The number of fused-ring (bicyclic) bond motifs is 1. The number of thioether (sulfide) groups is 1. The number of benzene rings is 2. The van der Waals surface area contributed by atoms with E-state index in [0.717, 1.165) is 16.5 Å². The number of para-hydroxylation sites is 1. The van der Waals surface area contributed by atoms with Gasteiger partial charge in [0, 0.05) is 28.2 Å². The number of hydrogen-bond donors (Lipinski definition) is 2. The van der Waals surface area contributed by atoms with Crippen molar-refractivity contribution in [3.8, 4) is 5.75 Å². The number of aromatic nitrogens is 1. The van der Waals surface area contributed by atoms with Gasteiger partial charge in [0.1, 0.15) is 11.1 Å². The molecule has 1 aliphatic heterocycles. The first kappa shape index (κ1) is 16.5. The first-order valence-electron chi connectivity index (χ1n) is 8.12. The zero-order valence-corrected chi connectivity index (χ0v) is 14.9. The summed E-state index contributed by atoms with van der Waals surface area (Å²) in [6.07, 6.45) is 1.90. The second kappa shape index (κ2) is 6.76. The molecule has 2 amide bonds. The van der Waals surface area contributed by atoms with E-state index in [9.17, 15) is 9.59 Å². The summed E-state index contributed by atoms with van der Waals surface area (Å²) in [5, 5.41) is 2.21. The quantitative estimate of drug-likeness (QED) is 0.743. The van der Waals surface area contributed by atoms with Crippen LogP contribution in [0.1, 0.15) is 21.3 Å². The van der Waals surface area contributed by atoms with Crippen molar-refractivity contribution in [2.45, 2.75) is 5.37 Å². The Bertz CT molecular complexity index is 968. The zero-order chi connectivity index (χ0) is 18.1. The van der Waals surface area contributed by atoms with Gasteiger partial charge in [-0.15, -0.1) is 11.8 Å². The lowest BCUT2D eigenvalue weighted by atomic mass is 10.1. The third kappa shape index (κ3) is 2.90. The Morgan fingerprint density at radius 2 is 2.00 bits per heavy atom. The molecule has 3 aromatic rings. The second-order valence-corrected chi connectivity index (χ2v) is 6.95. The van der Waals surface area contributed by atoms with E-state index in [1.54, 1.807) is 31.4 Å². The van der Waals surface area contributed by atoms with E-state index in [2.05, 4.69) is 10.4 Å². The van der Waals surface area contributed by atoms with E-state index in [4.69, 9.17) is 4.74 Å². The third-order valence-electron chi connectivity index (χ3n) is 4.33. The lowest BCUT2D eigenvalue weighted by molar-refractivity contribution is -0.130. The van der Waals surface area contributed by atoms with Crippen LogP contribution in [0.15, 0.2) is 54.7 Å². The Morgan fingerprint density at radius 3 is 2.77 bits per heavy atom. The van der Waals surface area contributed by atoms with Crippen LogP contribution < -0.4 is 10.2 Å². The largest absolute Gasteiger partial charge is 0.497 e. The number of amides is 2. The molecule has 0 spiro atoms. The lowest BCUT2D eigenvalue weighted by Crippen LogP contribution is -2.44. The van der Waals surface area contributed by atoms with Gasteiger partial charge in [-0.05, 0) is 30.3 Å². The van der Waals surface area contributed by atoms with Crippen LogP contribution in [-0.2, 0) is 4.79 Å². The maximum Gasteiger partial charge on any atom is 0.269 e.